The number of para-hydroxylation sites is 1. The molecule has 2 rings (SSSR count). The van der Waals surface area contributed by atoms with Crippen LogP contribution in [0, 0.1) is 11.8 Å². The summed E-state index contributed by atoms with van der Waals surface area (Å²) in [5.74, 6) is 4.62. The van der Waals surface area contributed by atoms with Gasteiger partial charge < -0.3 is 9.15 Å². The minimum Gasteiger partial charge on any atom is -0.459 e. The van der Waals surface area contributed by atoms with Gasteiger partial charge in [-0.3, -0.25) is 0 Å². The molecule has 2 aromatic rings. The Bertz CT molecular complexity index is 601. The van der Waals surface area contributed by atoms with Crippen molar-refractivity contribution in [3.8, 4) is 11.8 Å². The molecule has 0 saturated carbocycles. The summed E-state index contributed by atoms with van der Waals surface area (Å²) in [6.07, 6.45) is 0. The van der Waals surface area contributed by atoms with Gasteiger partial charge in [-0.2, -0.15) is 0 Å². The number of carbonyl (C=O) groups is 1. The van der Waals surface area contributed by atoms with Gasteiger partial charge in [0.15, 0.2) is 11.3 Å². The number of esters is 1. The van der Waals surface area contributed by atoms with Crippen LogP contribution in [0.3, 0.4) is 0 Å². The number of furan rings is 1. The van der Waals surface area contributed by atoms with Gasteiger partial charge in [0.2, 0.25) is 0 Å². The van der Waals surface area contributed by atoms with E-state index in [2.05, 4.69) is 16.6 Å². The third-order valence-electron chi connectivity index (χ3n) is 1.97. The number of hydrogen-bond acceptors (Lipinski definition) is 3. The van der Waals surface area contributed by atoms with Gasteiger partial charge in [0, 0.05) is 17.4 Å². The molecular formula is C12H7ClO3. The first kappa shape index (κ1) is 10.6. The molecule has 0 aliphatic rings. The molecule has 1 aromatic carbocycles. The van der Waals surface area contributed by atoms with Crippen molar-refractivity contribution in [1.29, 1.82) is 0 Å². The van der Waals surface area contributed by atoms with E-state index < -0.39 is 5.97 Å². The second kappa shape index (κ2) is 4.30. The maximum atomic E-state index is 10.8. The Morgan fingerprint density at radius 3 is 3.00 bits per heavy atom. The summed E-state index contributed by atoms with van der Waals surface area (Å²) in [5.41, 5.74) is 0.568. The number of carbonyl (C=O) groups excluding carboxylic acids is 1. The molecule has 0 aliphatic carbocycles. The fraction of sp³-hybridized carbons (Fsp3) is 0.0833. The van der Waals surface area contributed by atoms with E-state index in [1.165, 1.54) is 7.11 Å². The molecule has 3 nitrogen and oxygen atoms in total. The van der Waals surface area contributed by atoms with Crippen LogP contribution < -0.4 is 0 Å². The van der Waals surface area contributed by atoms with Gasteiger partial charge in [-0.05, 0) is 12.0 Å². The third-order valence-corrected chi connectivity index (χ3v) is 2.27. The summed E-state index contributed by atoms with van der Waals surface area (Å²) in [6.45, 7) is 0. The zero-order valence-corrected chi connectivity index (χ0v) is 9.17. The van der Waals surface area contributed by atoms with Gasteiger partial charge in [-0.1, -0.05) is 23.7 Å². The van der Waals surface area contributed by atoms with Gasteiger partial charge in [-0.25, -0.2) is 4.79 Å². The molecule has 0 N–H and O–H groups in total. The highest BCUT2D eigenvalue weighted by atomic mass is 35.5. The first-order valence-corrected chi connectivity index (χ1v) is 4.86. The second-order valence-electron chi connectivity index (χ2n) is 3.01. The predicted octanol–water partition coefficient (Wildman–Crippen LogP) is 2.61. The zero-order chi connectivity index (χ0) is 11.5. The summed E-state index contributed by atoms with van der Waals surface area (Å²) in [6, 6.07) is 7.12. The van der Waals surface area contributed by atoms with Gasteiger partial charge in [0.1, 0.15) is 0 Å². The Balaban J connectivity index is 2.43. The molecule has 0 amide bonds. The molecule has 1 aromatic heterocycles. The fourth-order valence-electron chi connectivity index (χ4n) is 1.25. The summed E-state index contributed by atoms with van der Waals surface area (Å²) in [7, 11) is 1.27. The van der Waals surface area contributed by atoms with Crippen molar-refractivity contribution in [3.05, 3.63) is 35.0 Å². The van der Waals surface area contributed by atoms with E-state index in [0.29, 0.717) is 16.4 Å². The van der Waals surface area contributed by atoms with Crippen LogP contribution in [0.1, 0.15) is 5.76 Å². The molecule has 0 radical (unpaired) electrons. The summed E-state index contributed by atoms with van der Waals surface area (Å²) in [4.78, 5) is 10.8. The van der Waals surface area contributed by atoms with E-state index in [1.54, 1.807) is 12.1 Å². The largest absolute Gasteiger partial charge is 0.459 e. The highest BCUT2D eigenvalue weighted by Gasteiger charge is 2.04. The molecule has 0 atom stereocenters. The molecule has 16 heavy (non-hydrogen) atoms. The Kier molecular flexibility index (Phi) is 2.84. The fourth-order valence-corrected chi connectivity index (χ4v) is 1.47. The topological polar surface area (TPSA) is 39.4 Å². The Labute approximate surface area is 96.9 Å². The summed E-state index contributed by atoms with van der Waals surface area (Å²) < 4.78 is 9.77. The highest BCUT2D eigenvalue weighted by molar-refractivity contribution is 6.34. The van der Waals surface area contributed by atoms with E-state index in [4.69, 9.17) is 16.0 Å². The van der Waals surface area contributed by atoms with Crippen LogP contribution in [0.4, 0.5) is 0 Å². The second-order valence-corrected chi connectivity index (χ2v) is 3.42. The van der Waals surface area contributed by atoms with E-state index in [1.807, 2.05) is 12.1 Å². The van der Waals surface area contributed by atoms with E-state index in [9.17, 15) is 4.79 Å². The average Bonchev–Trinajstić information content (AvgIpc) is 2.70. The lowest BCUT2D eigenvalue weighted by atomic mass is 10.2. The van der Waals surface area contributed by atoms with Crippen molar-refractivity contribution in [2.45, 2.75) is 0 Å². The quantitative estimate of drug-likeness (QED) is 0.520. The molecule has 80 valence electrons. The van der Waals surface area contributed by atoms with Crippen LogP contribution in [0.15, 0.2) is 28.7 Å². The smallest absolute Gasteiger partial charge is 0.384 e. The van der Waals surface area contributed by atoms with Crippen LogP contribution in [0.25, 0.3) is 11.0 Å². The van der Waals surface area contributed by atoms with E-state index >= 15 is 0 Å². The number of halogens is 1. The number of fused-ring (bicyclic) bond motifs is 1. The lowest BCUT2D eigenvalue weighted by molar-refractivity contribution is -0.133. The van der Waals surface area contributed by atoms with Gasteiger partial charge in [-0.15, -0.1) is 0 Å². The van der Waals surface area contributed by atoms with E-state index in [0.717, 1.165) is 5.39 Å². The molecule has 0 bridgehead atoms. The Morgan fingerprint density at radius 1 is 1.50 bits per heavy atom. The molecular weight excluding hydrogens is 228 g/mol. The average molecular weight is 235 g/mol. The zero-order valence-electron chi connectivity index (χ0n) is 8.41. The molecule has 0 saturated heterocycles. The number of hydrogen-bond donors (Lipinski definition) is 0. The number of methoxy groups -OCH3 is 1. The molecule has 0 spiro atoms. The maximum absolute atomic E-state index is 10.8. The molecule has 4 heteroatoms. The van der Waals surface area contributed by atoms with Gasteiger partial charge in [0.05, 0.1) is 12.1 Å². The van der Waals surface area contributed by atoms with Gasteiger partial charge in [0.25, 0.3) is 0 Å². The predicted molar refractivity (Wildman–Crippen MR) is 60.1 cm³/mol. The van der Waals surface area contributed by atoms with Crippen LogP contribution in [0.5, 0.6) is 0 Å². The monoisotopic (exact) mass is 234 g/mol. The summed E-state index contributed by atoms with van der Waals surface area (Å²) in [5, 5.41) is 1.37. The molecule has 0 aliphatic heterocycles. The Hall–Kier alpha value is -1.92. The SMILES string of the molecule is COC(=O)C#Cc1cc2cccc(Cl)c2o1. The number of rotatable bonds is 0. The maximum Gasteiger partial charge on any atom is 0.384 e. The lowest BCUT2D eigenvalue weighted by Crippen LogP contribution is -1.94. The Morgan fingerprint density at radius 2 is 2.31 bits per heavy atom. The van der Waals surface area contributed by atoms with Crippen molar-refractivity contribution < 1.29 is 13.9 Å². The van der Waals surface area contributed by atoms with Crippen LogP contribution >= 0.6 is 11.6 Å². The van der Waals surface area contributed by atoms with Crippen molar-refractivity contribution in [1.82, 2.24) is 0 Å². The van der Waals surface area contributed by atoms with Crippen molar-refractivity contribution in [3.63, 3.8) is 0 Å². The molecule has 1 heterocycles. The van der Waals surface area contributed by atoms with Crippen molar-refractivity contribution in [2.24, 2.45) is 0 Å². The van der Waals surface area contributed by atoms with Crippen LogP contribution in [-0.2, 0) is 9.53 Å². The lowest BCUT2D eigenvalue weighted by Gasteiger charge is -1.88. The number of benzene rings is 1. The summed E-state index contributed by atoms with van der Waals surface area (Å²) >= 11 is 5.93. The highest BCUT2D eigenvalue weighted by Crippen LogP contribution is 2.25. The normalized spacial score (nSPS) is 9.62. The first-order valence-electron chi connectivity index (χ1n) is 4.49. The molecule has 0 fully saturated rings. The minimum absolute atomic E-state index is 0.383. The minimum atomic E-state index is -0.605. The number of ether oxygens (including phenoxy) is 1. The van der Waals surface area contributed by atoms with Crippen molar-refractivity contribution in [2.75, 3.05) is 7.11 Å². The van der Waals surface area contributed by atoms with Crippen molar-refractivity contribution >= 4 is 28.5 Å². The standard InChI is InChI=1S/C12H7ClO3/c1-15-11(14)6-5-9-7-8-3-2-4-10(13)12(8)16-9/h2-4,7H,1H3. The first-order chi connectivity index (χ1) is 7.70. The van der Waals surface area contributed by atoms with Gasteiger partial charge >= 0.3 is 5.97 Å². The molecule has 0 unspecified atom stereocenters. The van der Waals surface area contributed by atoms with Crippen LogP contribution in [-0.4, -0.2) is 13.1 Å². The van der Waals surface area contributed by atoms with E-state index in [-0.39, 0.29) is 0 Å². The third kappa shape index (κ3) is 2.02. The van der Waals surface area contributed by atoms with Crippen LogP contribution in [0.2, 0.25) is 5.02 Å².